The minimum absolute atomic E-state index is 0.899. The van der Waals surface area contributed by atoms with E-state index in [4.69, 9.17) is 4.74 Å². The molecule has 2 aromatic carbocycles. The molecule has 126 valence electrons. The topological polar surface area (TPSA) is 16.4 Å². The average molecular weight is 349 g/mol. The number of anilines is 1. The largest absolute Gasteiger partial charge is 0.497 e. The van der Waals surface area contributed by atoms with Gasteiger partial charge >= 0.3 is 0 Å². The van der Waals surface area contributed by atoms with Crippen LogP contribution in [0.3, 0.4) is 0 Å². The molecule has 0 fully saturated rings. The molecule has 0 spiro atoms. The molecule has 0 aliphatic carbocycles. The van der Waals surface area contributed by atoms with E-state index in [1.165, 1.54) is 32.1 Å². The van der Waals surface area contributed by atoms with Crippen LogP contribution in [0.15, 0.2) is 64.7 Å². The van der Waals surface area contributed by atoms with Crippen LogP contribution < -0.4 is 14.2 Å². The highest BCUT2D eigenvalue weighted by Gasteiger charge is 2.25. The molecule has 0 unspecified atom stereocenters. The zero-order valence-corrected chi connectivity index (χ0v) is 15.5. The van der Waals surface area contributed by atoms with Gasteiger partial charge in [0.2, 0.25) is 5.52 Å². The van der Waals surface area contributed by atoms with Crippen LogP contribution in [0.1, 0.15) is 12.5 Å². The van der Waals surface area contributed by atoms with Crippen molar-refractivity contribution in [2.75, 3.05) is 18.6 Å². The molecule has 4 heteroatoms. The third-order valence-corrected chi connectivity index (χ3v) is 5.72. The third kappa shape index (κ3) is 2.76. The van der Waals surface area contributed by atoms with E-state index in [-0.39, 0.29) is 0 Å². The summed E-state index contributed by atoms with van der Waals surface area (Å²) < 4.78 is 7.56. The van der Waals surface area contributed by atoms with E-state index in [1.54, 1.807) is 7.11 Å². The lowest BCUT2D eigenvalue weighted by atomic mass is 10.1. The number of benzene rings is 2. The molecular weight excluding hydrogens is 328 g/mol. The average Bonchev–Trinajstić information content (AvgIpc) is 3.00. The number of thioether (sulfide) groups is 1. The van der Waals surface area contributed by atoms with Crippen LogP contribution in [0.25, 0.3) is 17.0 Å². The van der Waals surface area contributed by atoms with Crippen molar-refractivity contribution < 1.29 is 9.30 Å². The van der Waals surface area contributed by atoms with Gasteiger partial charge in [0, 0.05) is 29.6 Å². The molecular formula is C21H21N2OS+. The lowest BCUT2D eigenvalue weighted by Crippen LogP contribution is -2.28. The Hall–Kier alpha value is -2.46. The van der Waals surface area contributed by atoms with Crippen molar-refractivity contribution >= 4 is 34.4 Å². The number of hydrogen-bond donors (Lipinski definition) is 0. The quantitative estimate of drug-likeness (QED) is 0.643. The SMILES string of the molecule is CCN1/C(=C/c2cc[n+](C)c3ccccc23)Sc2ccc(OC)cc21. The number of fused-ring (bicyclic) bond motifs is 2. The van der Waals surface area contributed by atoms with Crippen molar-refractivity contribution in [2.24, 2.45) is 7.05 Å². The fourth-order valence-electron chi connectivity index (χ4n) is 3.29. The molecule has 2 heterocycles. The van der Waals surface area contributed by atoms with Gasteiger partial charge < -0.3 is 9.64 Å². The van der Waals surface area contributed by atoms with E-state index in [0.717, 1.165) is 12.3 Å². The van der Waals surface area contributed by atoms with Crippen molar-refractivity contribution in [1.29, 1.82) is 0 Å². The molecule has 25 heavy (non-hydrogen) atoms. The highest BCUT2D eigenvalue weighted by molar-refractivity contribution is 8.03. The summed E-state index contributed by atoms with van der Waals surface area (Å²) in [5.41, 5.74) is 3.71. The Morgan fingerprint density at radius 2 is 2.00 bits per heavy atom. The Morgan fingerprint density at radius 3 is 2.80 bits per heavy atom. The minimum atomic E-state index is 0.899. The fourth-order valence-corrected chi connectivity index (χ4v) is 4.45. The smallest absolute Gasteiger partial charge is 0.212 e. The first-order chi connectivity index (χ1) is 12.2. The molecule has 1 aliphatic rings. The van der Waals surface area contributed by atoms with Crippen molar-refractivity contribution in [3.8, 4) is 5.75 Å². The van der Waals surface area contributed by atoms with Crippen LogP contribution in [0.5, 0.6) is 5.75 Å². The number of rotatable bonds is 3. The van der Waals surface area contributed by atoms with Gasteiger partial charge in [0.1, 0.15) is 12.8 Å². The third-order valence-electron chi connectivity index (χ3n) is 4.61. The van der Waals surface area contributed by atoms with Crippen LogP contribution in [0.4, 0.5) is 5.69 Å². The first kappa shape index (κ1) is 16.0. The molecule has 1 aliphatic heterocycles. The molecule has 0 radical (unpaired) electrons. The van der Waals surface area contributed by atoms with E-state index in [2.05, 4.69) is 78.2 Å². The highest BCUT2D eigenvalue weighted by atomic mass is 32.2. The predicted octanol–water partition coefficient (Wildman–Crippen LogP) is 4.60. The number of nitrogens with zero attached hydrogens (tertiary/aromatic N) is 2. The molecule has 0 saturated heterocycles. The number of aryl methyl sites for hydroxylation is 1. The Balaban J connectivity index is 1.81. The molecule has 1 aromatic heterocycles. The molecule has 0 saturated carbocycles. The fraction of sp³-hybridized carbons (Fsp3) is 0.190. The second kappa shape index (κ2) is 6.45. The summed E-state index contributed by atoms with van der Waals surface area (Å²) in [7, 11) is 3.80. The van der Waals surface area contributed by atoms with Crippen molar-refractivity contribution in [2.45, 2.75) is 11.8 Å². The number of hydrogen-bond acceptors (Lipinski definition) is 3. The van der Waals surface area contributed by atoms with Gasteiger partial charge in [-0.05, 0) is 36.8 Å². The number of pyridine rings is 1. The minimum Gasteiger partial charge on any atom is -0.497 e. The van der Waals surface area contributed by atoms with Crippen LogP contribution in [0, 0.1) is 0 Å². The summed E-state index contributed by atoms with van der Waals surface area (Å²) in [4.78, 5) is 3.63. The lowest BCUT2D eigenvalue weighted by molar-refractivity contribution is -0.644. The zero-order valence-electron chi connectivity index (χ0n) is 14.7. The molecule has 0 bridgehead atoms. The molecule has 0 atom stereocenters. The zero-order chi connectivity index (χ0) is 17.4. The van der Waals surface area contributed by atoms with Gasteiger partial charge in [-0.1, -0.05) is 23.9 Å². The Kier molecular flexibility index (Phi) is 4.14. The first-order valence-electron chi connectivity index (χ1n) is 8.43. The molecule has 4 rings (SSSR count). The van der Waals surface area contributed by atoms with E-state index in [9.17, 15) is 0 Å². The Morgan fingerprint density at radius 1 is 1.16 bits per heavy atom. The second-order valence-electron chi connectivity index (χ2n) is 6.06. The monoisotopic (exact) mass is 349 g/mol. The van der Waals surface area contributed by atoms with Crippen molar-refractivity contribution in [1.82, 2.24) is 0 Å². The second-order valence-corrected chi connectivity index (χ2v) is 7.12. The summed E-state index contributed by atoms with van der Waals surface area (Å²) in [5, 5.41) is 2.52. The Labute approximate surface area is 152 Å². The lowest BCUT2D eigenvalue weighted by Gasteiger charge is -2.18. The normalized spacial score (nSPS) is 15.0. The van der Waals surface area contributed by atoms with Crippen molar-refractivity contribution in [3.63, 3.8) is 0 Å². The maximum Gasteiger partial charge on any atom is 0.212 e. The molecule has 3 nitrogen and oxygen atoms in total. The Bertz CT molecular complexity index is 981. The highest BCUT2D eigenvalue weighted by Crippen LogP contribution is 2.48. The summed E-state index contributed by atoms with van der Waals surface area (Å²) in [6.07, 6.45) is 4.42. The number of methoxy groups -OCH3 is 1. The number of para-hydroxylation sites is 1. The van der Waals surface area contributed by atoms with Gasteiger partial charge in [-0.25, -0.2) is 4.57 Å². The van der Waals surface area contributed by atoms with Crippen LogP contribution in [-0.4, -0.2) is 13.7 Å². The van der Waals surface area contributed by atoms with Gasteiger partial charge in [0.05, 0.1) is 23.2 Å². The van der Waals surface area contributed by atoms with Gasteiger partial charge in [0.15, 0.2) is 6.20 Å². The summed E-state index contributed by atoms with van der Waals surface area (Å²) in [6.45, 7) is 3.11. The van der Waals surface area contributed by atoms with Gasteiger partial charge in [-0.2, -0.15) is 0 Å². The van der Waals surface area contributed by atoms with E-state index in [0.29, 0.717) is 0 Å². The number of aromatic nitrogens is 1. The molecule has 3 aromatic rings. The van der Waals surface area contributed by atoms with Gasteiger partial charge in [-0.3, -0.25) is 0 Å². The maximum absolute atomic E-state index is 5.40. The van der Waals surface area contributed by atoms with Crippen LogP contribution in [0.2, 0.25) is 0 Å². The summed E-state index contributed by atoms with van der Waals surface area (Å²) in [6, 6.07) is 17.0. The molecule has 0 amide bonds. The number of ether oxygens (including phenoxy) is 1. The van der Waals surface area contributed by atoms with E-state index >= 15 is 0 Å². The summed E-state index contributed by atoms with van der Waals surface area (Å²) in [5.74, 6) is 0.899. The predicted molar refractivity (Wildman–Crippen MR) is 105 cm³/mol. The van der Waals surface area contributed by atoms with Crippen LogP contribution in [-0.2, 0) is 7.05 Å². The van der Waals surface area contributed by atoms with Crippen molar-refractivity contribution in [3.05, 3.63) is 65.3 Å². The summed E-state index contributed by atoms with van der Waals surface area (Å²) >= 11 is 1.82. The standard InChI is InChI=1S/C21H21N2OS/c1-4-23-19-14-16(24-3)9-10-20(19)25-21(23)13-15-11-12-22(2)18-8-6-5-7-17(15)18/h5-14H,4H2,1-3H3/q+1. The maximum atomic E-state index is 5.40. The van der Waals surface area contributed by atoms with Gasteiger partial charge in [0.25, 0.3) is 0 Å². The van der Waals surface area contributed by atoms with Gasteiger partial charge in [-0.15, -0.1) is 0 Å². The van der Waals surface area contributed by atoms with E-state index in [1.807, 2.05) is 17.8 Å². The first-order valence-corrected chi connectivity index (χ1v) is 9.25. The molecule has 0 N–H and O–H groups in total. The van der Waals surface area contributed by atoms with Crippen LogP contribution >= 0.6 is 11.8 Å². The van der Waals surface area contributed by atoms with E-state index < -0.39 is 0 Å².